The van der Waals surface area contributed by atoms with E-state index >= 15 is 4.57 Å². The summed E-state index contributed by atoms with van der Waals surface area (Å²) in [5.74, 6) is 0.00740. The molecule has 1 aliphatic rings. The van der Waals surface area contributed by atoms with Crippen molar-refractivity contribution in [1.82, 2.24) is 9.99 Å². The Labute approximate surface area is 276 Å². The molecule has 0 aromatic heterocycles. The number of thioether (sulfide) groups is 1. The summed E-state index contributed by atoms with van der Waals surface area (Å²) < 4.78 is 22.1. The number of nitrogens with one attached hydrogen (secondary N) is 1. The number of hydrogen-bond acceptors (Lipinski definition) is 4. The van der Waals surface area contributed by atoms with Crippen LogP contribution in [0.1, 0.15) is 36.6 Å². The Morgan fingerprint density at radius 2 is 1.11 bits per heavy atom. The minimum Gasteiger partial charge on any atom is -0.431 e. The van der Waals surface area contributed by atoms with Gasteiger partial charge in [-0.3, -0.25) is 9.46 Å². The van der Waals surface area contributed by atoms with Crippen molar-refractivity contribution in [2.75, 3.05) is 6.26 Å². The van der Waals surface area contributed by atoms with Crippen LogP contribution in [0.25, 0.3) is 0 Å². The number of benzene rings is 5. The van der Waals surface area contributed by atoms with Gasteiger partial charge in [0, 0.05) is 21.7 Å². The largest absolute Gasteiger partial charge is 0.431 e. The molecule has 1 amide bonds. The fraction of sp³-hybridized carbons (Fsp3) is 0.205. The highest BCUT2D eigenvalue weighted by Crippen LogP contribution is 2.52. The maximum Gasteiger partial charge on any atom is 0.412 e. The SMILES string of the molecule is CS[C@@H]([C@@H](NP(=O)(c1ccccc1)c1ccccc1)c1ccccc1)N1C(=O)OC(c2ccccc2)(c2ccccc2)[C@@H]1C(C)C. The number of carbonyl (C=O) groups is 1. The van der Waals surface area contributed by atoms with E-state index in [9.17, 15) is 4.79 Å². The zero-order chi connectivity index (χ0) is 32.1. The van der Waals surface area contributed by atoms with E-state index in [-0.39, 0.29) is 12.0 Å². The van der Waals surface area contributed by atoms with Crippen LogP contribution in [-0.4, -0.2) is 28.7 Å². The van der Waals surface area contributed by atoms with Gasteiger partial charge in [-0.1, -0.05) is 141 Å². The Morgan fingerprint density at radius 3 is 1.52 bits per heavy atom. The minimum atomic E-state index is -3.41. The first kappa shape index (κ1) is 31.9. The molecule has 0 bridgehead atoms. The molecule has 0 aliphatic carbocycles. The van der Waals surface area contributed by atoms with Crippen LogP contribution in [-0.2, 0) is 14.9 Å². The molecule has 1 fully saturated rings. The van der Waals surface area contributed by atoms with Crippen molar-refractivity contribution < 1.29 is 14.1 Å². The molecule has 0 spiro atoms. The van der Waals surface area contributed by atoms with Crippen LogP contribution in [0.2, 0.25) is 0 Å². The zero-order valence-corrected chi connectivity index (χ0v) is 28.0. The summed E-state index contributed by atoms with van der Waals surface area (Å²) in [5, 5.41) is 4.61. The maximum atomic E-state index is 15.4. The second kappa shape index (κ2) is 13.7. The van der Waals surface area contributed by atoms with Crippen molar-refractivity contribution in [2.45, 2.75) is 36.9 Å². The molecule has 5 nitrogen and oxygen atoms in total. The molecule has 7 heteroatoms. The summed E-state index contributed by atoms with van der Waals surface area (Å²) in [4.78, 5) is 16.4. The van der Waals surface area contributed by atoms with Gasteiger partial charge < -0.3 is 4.74 Å². The fourth-order valence-corrected chi connectivity index (χ4v) is 10.3. The van der Waals surface area contributed by atoms with Crippen LogP contribution in [0.3, 0.4) is 0 Å². The van der Waals surface area contributed by atoms with E-state index in [4.69, 9.17) is 4.74 Å². The average Bonchev–Trinajstić information content (AvgIpc) is 3.43. The standard InChI is InChI=1S/C39H39N2O3PS/c1-29(2)36-39(31-21-11-5-12-22-31,32-23-13-6-14-24-32)44-38(42)41(36)37(46-3)35(30-19-9-4-10-20-30)40-45(43,33-25-15-7-16-26-33)34-27-17-8-18-28-34/h4-29,35-37H,1-3H3,(H,40,43)/t35-,36-,37-/m0/s1. The highest BCUT2D eigenvalue weighted by Gasteiger charge is 2.60. The molecule has 1 heterocycles. The van der Waals surface area contributed by atoms with Gasteiger partial charge in [-0.05, 0) is 42.0 Å². The third-order valence-corrected chi connectivity index (χ3v) is 12.4. The normalized spacial score (nSPS) is 17.4. The Hall–Kier alpha value is -4.09. The molecular formula is C39H39N2O3PS. The van der Waals surface area contributed by atoms with Gasteiger partial charge in [-0.2, -0.15) is 0 Å². The first-order valence-electron chi connectivity index (χ1n) is 15.6. The molecule has 0 saturated carbocycles. The summed E-state index contributed by atoms with van der Waals surface area (Å²) in [6.07, 6.45) is 1.61. The average molecular weight is 647 g/mol. The van der Waals surface area contributed by atoms with Gasteiger partial charge in [0.1, 0.15) is 5.37 Å². The van der Waals surface area contributed by atoms with Gasteiger partial charge in [0.15, 0.2) is 5.60 Å². The lowest BCUT2D eigenvalue weighted by Gasteiger charge is -2.43. The Morgan fingerprint density at radius 1 is 0.696 bits per heavy atom. The molecule has 234 valence electrons. The van der Waals surface area contributed by atoms with Crippen molar-refractivity contribution in [3.8, 4) is 0 Å². The molecule has 1 aliphatic heterocycles. The second-order valence-electron chi connectivity index (χ2n) is 11.9. The summed E-state index contributed by atoms with van der Waals surface area (Å²) in [5.41, 5.74) is 1.71. The Kier molecular flexibility index (Phi) is 9.51. The maximum absolute atomic E-state index is 15.4. The van der Waals surface area contributed by atoms with E-state index in [0.717, 1.165) is 16.7 Å². The van der Waals surface area contributed by atoms with Crippen molar-refractivity contribution in [1.29, 1.82) is 0 Å². The van der Waals surface area contributed by atoms with Crippen LogP contribution in [0.4, 0.5) is 4.79 Å². The van der Waals surface area contributed by atoms with Gasteiger partial charge in [0.05, 0.1) is 12.1 Å². The van der Waals surface area contributed by atoms with E-state index < -0.39 is 30.4 Å². The molecule has 5 aromatic carbocycles. The van der Waals surface area contributed by atoms with Crippen LogP contribution in [0, 0.1) is 5.92 Å². The highest BCUT2D eigenvalue weighted by molar-refractivity contribution is 7.99. The quantitative estimate of drug-likeness (QED) is 0.146. The monoisotopic (exact) mass is 646 g/mol. The molecule has 1 saturated heterocycles. The minimum absolute atomic E-state index is 0.00740. The molecule has 3 atom stereocenters. The van der Waals surface area contributed by atoms with Crippen molar-refractivity contribution in [2.24, 2.45) is 5.92 Å². The van der Waals surface area contributed by atoms with E-state index in [2.05, 4.69) is 18.9 Å². The number of nitrogens with zero attached hydrogens (tertiary/aromatic N) is 1. The molecule has 0 radical (unpaired) electrons. The molecule has 0 unspecified atom stereocenters. The Balaban J connectivity index is 1.53. The number of ether oxygens (including phenoxy) is 1. The van der Waals surface area contributed by atoms with E-state index in [1.165, 1.54) is 0 Å². The van der Waals surface area contributed by atoms with Crippen LogP contribution in [0.15, 0.2) is 152 Å². The summed E-state index contributed by atoms with van der Waals surface area (Å²) in [6, 6.07) is 48.4. The molecular weight excluding hydrogens is 607 g/mol. The van der Waals surface area contributed by atoms with Crippen LogP contribution >= 0.6 is 19.1 Å². The third kappa shape index (κ3) is 5.82. The van der Waals surface area contributed by atoms with Crippen molar-refractivity contribution >= 4 is 35.8 Å². The van der Waals surface area contributed by atoms with E-state index in [1.807, 2.05) is 163 Å². The van der Waals surface area contributed by atoms with E-state index in [1.54, 1.807) is 11.8 Å². The summed E-state index contributed by atoms with van der Waals surface area (Å²) in [6.45, 7) is 4.28. The Bertz CT molecular complexity index is 1690. The molecule has 46 heavy (non-hydrogen) atoms. The lowest BCUT2D eigenvalue weighted by Crippen LogP contribution is -2.53. The predicted octanol–water partition coefficient (Wildman–Crippen LogP) is 8.36. The van der Waals surface area contributed by atoms with Gasteiger partial charge in [-0.25, -0.2) is 9.88 Å². The third-order valence-electron chi connectivity index (χ3n) is 8.73. The molecule has 1 N–H and O–H groups in total. The second-order valence-corrected chi connectivity index (χ2v) is 15.3. The highest BCUT2D eigenvalue weighted by atomic mass is 32.2. The summed E-state index contributed by atoms with van der Waals surface area (Å²) >= 11 is 1.56. The number of rotatable bonds is 11. The first-order valence-corrected chi connectivity index (χ1v) is 18.6. The van der Waals surface area contributed by atoms with E-state index in [0.29, 0.717) is 10.6 Å². The molecule has 5 aromatic rings. The summed E-state index contributed by atoms with van der Waals surface area (Å²) in [7, 11) is -3.41. The van der Waals surface area contributed by atoms with Gasteiger partial charge in [-0.15, -0.1) is 11.8 Å². The lowest BCUT2D eigenvalue weighted by molar-refractivity contribution is 0.0538. The predicted molar refractivity (Wildman–Crippen MR) is 190 cm³/mol. The fourth-order valence-electron chi connectivity index (χ4n) is 6.75. The number of cyclic esters (lactones) is 1. The lowest BCUT2D eigenvalue weighted by atomic mass is 9.75. The van der Waals surface area contributed by atoms with Crippen LogP contribution in [0.5, 0.6) is 0 Å². The first-order chi connectivity index (χ1) is 22.4. The number of amides is 1. The number of carbonyl (C=O) groups excluding carboxylic acids is 1. The smallest absolute Gasteiger partial charge is 0.412 e. The van der Waals surface area contributed by atoms with Gasteiger partial charge >= 0.3 is 6.09 Å². The van der Waals surface area contributed by atoms with Gasteiger partial charge in [0.25, 0.3) is 0 Å². The zero-order valence-electron chi connectivity index (χ0n) is 26.3. The topological polar surface area (TPSA) is 58.6 Å². The van der Waals surface area contributed by atoms with Crippen molar-refractivity contribution in [3.05, 3.63) is 168 Å². The molecule has 6 rings (SSSR count). The van der Waals surface area contributed by atoms with Gasteiger partial charge in [0.2, 0.25) is 7.29 Å². The van der Waals surface area contributed by atoms with Crippen LogP contribution < -0.4 is 15.7 Å². The number of hydrogen-bond donors (Lipinski definition) is 1. The van der Waals surface area contributed by atoms with Crippen molar-refractivity contribution in [3.63, 3.8) is 0 Å².